The topological polar surface area (TPSA) is 21.3 Å². The lowest BCUT2D eigenvalue weighted by Gasteiger charge is -2.09. The van der Waals surface area contributed by atoms with Gasteiger partial charge in [0.1, 0.15) is 0 Å². The van der Waals surface area contributed by atoms with Crippen molar-refractivity contribution in [1.29, 1.82) is 0 Å². The molecule has 0 aliphatic heterocycles. The smallest absolute Gasteiger partial charge is 0.160 e. The Hall–Kier alpha value is -0.710. The van der Waals surface area contributed by atoms with Gasteiger partial charge in [-0.25, -0.2) is 8.78 Å². The Morgan fingerprint density at radius 2 is 1.89 bits per heavy atom. The van der Waals surface area contributed by atoms with Crippen LogP contribution >= 0.6 is 11.6 Å². The first-order chi connectivity index (χ1) is 9.00. The maximum absolute atomic E-state index is 13.0. The zero-order valence-electron chi connectivity index (χ0n) is 11.3. The normalized spacial score (nSPS) is 11.3. The van der Waals surface area contributed by atoms with Gasteiger partial charge in [-0.1, -0.05) is 25.4 Å². The Kier molecular flexibility index (Phi) is 7.28. The molecule has 0 bridgehead atoms. The van der Waals surface area contributed by atoms with Crippen LogP contribution in [0.25, 0.3) is 0 Å². The Morgan fingerprint density at radius 3 is 2.58 bits per heavy atom. The molecule has 0 spiro atoms. The van der Waals surface area contributed by atoms with Gasteiger partial charge in [-0.2, -0.15) is 0 Å². The fourth-order valence-electron chi connectivity index (χ4n) is 1.57. The van der Waals surface area contributed by atoms with E-state index in [1.165, 1.54) is 0 Å². The molecule has 0 fully saturated rings. The number of hydrogen-bond donors (Lipinski definition) is 1. The first-order valence-electron chi connectivity index (χ1n) is 6.42. The van der Waals surface area contributed by atoms with Crippen LogP contribution in [0.1, 0.15) is 19.4 Å². The Morgan fingerprint density at radius 1 is 1.21 bits per heavy atom. The lowest BCUT2D eigenvalue weighted by molar-refractivity contribution is 0.138. The van der Waals surface area contributed by atoms with E-state index in [9.17, 15) is 8.78 Å². The van der Waals surface area contributed by atoms with E-state index in [1.54, 1.807) is 0 Å². The summed E-state index contributed by atoms with van der Waals surface area (Å²) in [6.07, 6.45) is 0.472. The summed E-state index contributed by atoms with van der Waals surface area (Å²) in [5.41, 5.74) is 0.565. The van der Waals surface area contributed by atoms with Crippen LogP contribution in [0.15, 0.2) is 12.1 Å². The Bertz CT molecular complexity index is 399. The Balaban J connectivity index is 2.21. The molecule has 0 aliphatic carbocycles. The van der Waals surface area contributed by atoms with Crippen LogP contribution in [-0.4, -0.2) is 26.3 Å². The third kappa shape index (κ3) is 6.32. The minimum atomic E-state index is -0.924. The molecule has 0 saturated carbocycles. The molecule has 1 aromatic carbocycles. The van der Waals surface area contributed by atoms with Gasteiger partial charge in [0.05, 0.1) is 13.2 Å². The van der Waals surface area contributed by atoms with Gasteiger partial charge in [-0.05, 0) is 36.6 Å². The van der Waals surface area contributed by atoms with E-state index in [4.69, 9.17) is 16.3 Å². The molecule has 0 atom stereocenters. The molecular formula is C14H20ClF2NO. The summed E-state index contributed by atoms with van der Waals surface area (Å²) in [6, 6.07) is 2.12. The number of ether oxygens (including phenoxy) is 1. The summed E-state index contributed by atoms with van der Waals surface area (Å²) >= 11 is 5.82. The van der Waals surface area contributed by atoms with Crippen LogP contribution in [-0.2, 0) is 11.2 Å². The van der Waals surface area contributed by atoms with Crippen molar-refractivity contribution in [2.75, 3.05) is 26.3 Å². The van der Waals surface area contributed by atoms with E-state index in [2.05, 4.69) is 19.2 Å². The molecule has 0 amide bonds. The minimum Gasteiger partial charge on any atom is -0.380 e. The van der Waals surface area contributed by atoms with Crippen molar-refractivity contribution in [3.05, 3.63) is 34.4 Å². The predicted molar refractivity (Wildman–Crippen MR) is 73.6 cm³/mol. The average molecular weight is 292 g/mol. The van der Waals surface area contributed by atoms with Gasteiger partial charge in [0.2, 0.25) is 0 Å². The minimum absolute atomic E-state index is 0.237. The van der Waals surface area contributed by atoms with Gasteiger partial charge in [0, 0.05) is 11.6 Å². The molecular weight excluding hydrogens is 272 g/mol. The summed E-state index contributed by atoms with van der Waals surface area (Å²) in [5.74, 6) is -1.19. The van der Waals surface area contributed by atoms with Crippen LogP contribution in [0.5, 0.6) is 0 Å². The second kappa shape index (κ2) is 8.46. The van der Waals surface area contributed by atoms with Crippen LogP contribution in [0.3, 0.4) is 0 Å². The third-order valence-corrected chi connectivity index (χ3v) is 2.93. The van der Waals surface area contributed by atoms with Crippen LogP contribution in [0, 0.1) is 17.6 Å². The molecule has 0 aliphatic rings. The van der Waals surface area contributed by atoms with Crippen LogP contribution < -0.4 is 5.32 Å². The SMILES string of the molecule is CC(C)CNCCOCCc1cc(F)c(F)cc1Cl. The molecule has 108 valence electrons. The third-order valence-electron chi connectivity index (χ3n) is 2.58. The zero-order valence-corrected chi connectivity index (χ0v) is 12.1. The van der Waals surface area contributed by atoms with Crippen molar-refractivity contribution >= 4 is 11.6 Å². The highest BCUT2D eigenvalue weighted by Gasteiger charge is 2.08. The summed E-state index contributed by atoms with van der Waals surface area (Å²) in [7, 11) is 0. The van der Waals surface area contributed by atoms with Crippen molar-refractivity contribution in [2.45, 2.75) is 20.3 Å². The molecule has 1 N–H and O–H groups in total. The number of hydrogen-bond acceptors (Lipinski definition) is 2. The van der Waals surface area contributed by atoms with E-state index in [0.29, 0.717) is 31.1 Å². The molecule has 1 rings (SSSR count). The van der Waals surface area contributed by atoms with Crippen molar-refractivity contribution in [3.63, 3.8) is 0 Å². The second-order valence-corrected chi connectivity index (χ2v) is 5.23. The monoisotopic (exact) mass is 291 g/mol. The zero-order chi connectivity index (χ0) is 14.3. The lowest BCUT2D eigenvalue weighted by Crippen LogP contribution is -2.24. The van der Waals surface area contributed by atoms with E-state index in [1.807, 2.05) is 0 Å². The van der Waals surface area contributed by atoms with Gasteiger partial charge >= 0.3 is 0 Å². The van der Waals surface area contributed by atoms with Gasteiger partial charge in [-0.3, -0.25) is 0 Å². The van der Waals surface area contributed by atoms with Crippen molar-refractivity contribution in [3.8, 4) is 0 Å². The van der Waals surface area contributed by atoms with Gasteiger partial charge in [0.15, 0.2) is 11.6 Å². The number of nitrogens with one attached hydrogen (secondary N) is 1. The molecule has 0 radical (unpaired) electrons. The standard InChI is InChI=1S/C14H20ClF2NO/c1-10(2)9-18-4-6-19-5-3-11-7-13(16)14(17)8-12(11)15/h7-8,10,18H,3-6,9H2,1-2H3. The van der Waals surface area contributed by atoms with E-state index < -0.39 is 11.6 Å². The summed E-state index contributed by atoms with van der Waals surface area (Å²) in [4.78, 5) is 0. The maximum Gasteiger partial charge on any atom is 0.160 e. The van der Waals surface area contributed by atoms with Crippen molar-refractivity contribution in [1.82, 2.24) is 5.32 Å². The van der Waals surface area contributed by atoms with Crippen LogP contribution in [0.2, 0.25) is 5.02 Å². The summed E-state index contributed by atoms with van der Waals surface area (Å²) in [5, 5.41) is 3.49. The number of halogens is 3. The quantitative estimate of drug-likeness (QED) is 0.585. The number of benzene rings is 1. The number of rotatable bonds is 8. The Labute approximate surface area is 118 Å². The van der Waals surface area contributed by atoms with Crippen molar-refractivity contribution < 1.29 is 13.5 Å². The second-order valence-electron chi connectivity index (χ2n) is 4.82. The molecule has 0 heterocycles. The largest absolute Gasteiger partial charge is 0.380 e. The predicted octanol–water partition coefficient (Wildman–Crippen LogP) is 3.42. The van der Waals surface area contributed by atoms with E-state index in [-0.39, 0.29) is 5.02 Å². The summed E-state index contributed by atoms with van der Waals surface area (Å²) < 4.78 is 31.3. The molecule has 2 nitrogen and oxygen atoms in total. The van der Waals surface area contributed by atoms with Crippen LogP contribution in [0.4, 0.5) is 8.78 Å². The molecule has 0 saturated heterocycles. The first kappa shape index (κ1) is 16.3. The highest BCUT2D eigenvalue weighted by Crippen LogP contribution is 2.20. The van der Waals surface area contributed by atoms with Gasteiger partial charge in [-0.15, -0.1) is 0 Å². The first-order valence-corrected chi connectivity index (χ1v) is 6.80. The average Bonchev–Trinajstić information content (AvgIpc) is 2.33. The van der Waals surface area contributed by atoms with E-state index >= 15 is 0 Å². The molecule has 1 aromatic rings. The highest BCUT2D eigenvalue weighted by molar-refractivity contribution is 6.31. The fraction of sp³-hybridized carbons (Fsp3) is 0.571. The molecule has 19 heavy (non-hydrogen) atoms. The maximum atomic E-state index is 13.0. The molecule has 0 aromatic heterocycles. The highest BCUT2D eigenvalue weighted by atomic mass is 35.5. The summed E-state index contributed by atoms with van der Waals surface area (Å²) in [6.45, 7) is 7.04. The molecule has 5 heteroatoms. The van der Waals surface area contributed by atoms with Gasteiger partial charge in [0.25, 0.3) is 0 Å². The fourth-order valence-corrected chi connectivity index (χ4v) is 1.82. The lowest BCUT2D eigenvalue weighted by atomic mass is 10.1. The van der Waals surface area contributed by atoms with Gasteiger partial charge < -0.3 is 10.1 Å². The van der Waals surface area contributed by atoms with Crippen molar-refractivity contribution in [2.24, 2.45) is 5.92 Å². The van der Waals surface area contributed by atoms with E-state index in [0.717, 1.165) is 25.2 Å². The molecule has 0 unspecified atom stereocenters.